The molecule has 3 heterocycles. The Labute approximate surface area is 174 Å². The predicted octanol–water partition coefficient (Wildman–Crippen LogP) is 2.50. The number of halogens is 1. The molecule has 2 N–H and O–H groups in total. The molecule has 1 aliphatic heterocycles. The van der Waals surface area contributed by atoms with Crippen molar-refractivity contribution >= 4 is 17.0 Å². The molecular formula is C21H27FN6O2. The average Bonchev–Trinajstić information content (AvgIpc) is 3.15. The smallest absolute Gasteiger partial charge is 0.263 e. The van der Waals surface area contributed by atoms with Gasteiger partial charge in [-0.2, -0.15) is 10.1 Å². The van der Waals surface area contributed by atoms with Crippen molar-refractivity contribution in [3.05, 3.63) is 52.2 Å². The lowest BCUT2D eigenvalue weighted by atomic mass is 10.0. The van der Waals surface area contributed by atoms with E-state index in [1.165, 1.54) is 12.1 Å². The van der Waals surface area contributed by atoms with Crippen LogP contribution >= 0.6 is 0 Å². The van der Waals surface area contributed by atoms with E-state index in [1.807, 2.05) is 20.8 Å². The van der Waals surface area contributed by atoms with Gasteiger partial charge in [-0.1, -0.05) is 12.1 Å². The van der Waals surface area contributed by atoms with E-state index in [0.29, 0.717) is 36.7 Å². The minimum absolute atomic E-state index is 0.0111. The van der Waals surface area contributed by atoms with Gasteiger partial charge in [0.1, 0.15) is 11.2 Å². The Hall–Kier alpha value is -2.78. The number of H-pyrrole nitrogens is 1. The molecule has 0 radical (unpaired) electrons. The summed E-state index contributed by atoms with van der Waals surface area (Å²) in [4.78, 5) is 22.2. The number of aromatic amines is 1. The number of benzene rings is 1. The molecule has 1 aliphatic rings. The second kappa shape index (κ2) is 8.16. The SMILES string of the molecule is CC(C)(C)n1ncc2c(=O)[nH]c(NCC(c3ccc(F)cc3)N3CCOCC3)nc21. The highest BCUT2D eigenvalue weighted by molar-refractivity contribution is 5.74. The van der Waals surface area contributed by atoms with E-state index in [9.17, 15) is 9.18 Å². The Kier molecular flexibility index (Phi) is 5.57. The molecule has 0 aliphatic carbocycles. The average molecular weight is 414 g/mol. The summed E-state index contributed by atoms with van der Waals surface area (Å²) in [7, 11) is 0. The van der Waals surface area contributed by atoms with Crippen molar-refractivity contribution in [1.82, 2.24) is 24.6 Å². The van der Waals surface area contributed by atoms with Gasteiger partial charge in [-0.3, -0.25) is 14.7 Å². The maximum absolute atomic E-state index is 13.4. The zero-order valence-corrected chi connectivity index (χ0v) is 17.5. The third kappa shape index (κ3) is 4.22. The van der Waals surface area contributed by atoms with Crippen LogP contribution in [0, 0.1) is 5.82 Å². The van der Waals surface area contributed by atoms with Crippen LogP contribution in [0.15, 0.2) is 35.3 Å². The first kappa shape index (κ1) is 20.5. The molecule has 3 aromatic rings. The fourth-order valence-corrected chi connectivity index (χ4v) is 3.72. The van der Waals surface area contributed by atoms with E-state index in [2.05, 4.69) is 25.3 Å². The monoisotopic (exact) mass is 414 g/mol. The van der Waals surface area contributed by atoms with Gasteiger partial charge in [-0.05, 0) is 38.5 Å². The minimum atomic E-state index is -0.301. The minimum Gasteiger partial charge on any atom is -0.379 e. The van der Waals surface area contributed by atoms with Crippen LogP contribution in [-0.4, -0.2) is 57.5 Å². The van der Waals surface area contributed by atoms with Crippen LogP contribution in [-0.2, 0) is 10.3 Å². The van der Waals surface area contributed by atoms with Crippen LogP contribution < -0.4 is 10.9 Å². The molecule has 0 spiro atoms. The molecular weight excluding hydrogens is 387 g/mol. The maximum atomic E-state index is 13.4. The van der Waals surface area contributed by atoms with Crippen LogP contribution in [0.2, 0.25) is 0 Å². The molecule has 160 valence electrons. The largest absolute Gasteiger partial charge is 0.379 e. The molecule has 1 atom stereocenters. The first-order chi connectivity index (χ1) is 14.3. The van der Waals surface area contributed by atoms with Gasteiger partial charge >= 0.3 is 0 Å². The highest BCUT2D eigenvalue weighted by atomic mass is 19.1. The summed E-state index contributed by atoms with van der Waals surface area (Å²) in [6, 6.07) is 6.52. The van der Waals surface area contributed by atoms with Gasteiger partial charge < -0.3 is 10.1 Å². The van der Waals surface area contributed by atoms with Crippen molar-refractivity contribution < 1.29 is 9.13 Å². The summed E-state index contributed by atoms with van der Waals surface area (Å²) < 4.78 is 20.7. The topological polar surface area (TPSA) is 88.1 Å². The standard InChI is InChI=1S/C21H27FN6O2/c1-21(2,3)28-18-16(12-24-28)19(29)26-20(25-18)23-13-17(27-8-10-30-11-9-27)14-4-6-15(22)7-5-14/h4-7,12,17H,8-11,13H2,1-3H3,(H2,23,25,26,29). The molecule has 4 rings (SSSR count). The second-order valence-electron chi connectivity index (χ2n) is 8.48. The number of hydrogen-bond donors (Lipinski definition) is 2. The van der Waals surface area contributed by atoms with E-state index in [0.717, 1.165) is 18.7 Å². The number of rotatable bonds is 5. The molecule has 30 heavy (non-hydrogen) atoms. The summed E-state index contributed by atoms with van der Waals surface area (Å²) in [6.45, 7) is 9.42. The van der Waals surface area contributed by atoms with E-state index in [1.54, 1.807) is 23.0 Å². The number of ether oxygens (including phenoxy) is 1. The Morgan fingerprint density at radius 3 is 2.60 bits per heavy atom. The van der Waals surface area contributed by atoms with Gasteiger partial charge in [0.05, 0.1) is 31.0 Å². The Balaban J connectivity index is 1.62. The first-order valence-corrected chi connectivity index (χ1v) is 10.1. The summed E-state index contributed by atoms with van der Waals surface area (Å²) in [5.41, 5.74) is 1.000. The molecule has 1 aromatic carbocycles. The Morgan fingerprint density at radius 2 is 1.93 bits per heavy atom. The summed E-state index contributed by atoms with van der Waals surface area (Å²) in [6.07, 6.45) is 1.55. The normalized spacial score (nSPS) is 16.7. The first-order valence-electron chi connectivity index (χ1n) is 10.1. The summed E-state index contributed by atoms with van der Waals surface area (Å²) in [5, 5.41) is 8.07. The second-order valence-corrected chi connectivity index (χ2v) is 8.48. The fourth-order valence-electron chi connectivity index (χ4n) is 3.72. The van der Waals surface area contributed by atoms with Crippen molar-refractivity contribution in [1.29, 1.82) is 0 Å². The van der Waals surface area contributed by atoms with Crippen molar-refractivity contribution in [2.24, 2.45) is 0 Å². The summed E-state index contributed by atoms with van der Waals surface area (Å²) in [5.74, 6) is 0.123. The quantitative estimate of drug-likeness (QED) is 0.667. The lowest BCUT2D eigenvalue weighted by molar-refractivity contribution is 0.0186. The molecule has 1 unspecified atom stereocenters. The molecule has 8 nitrogen and oxygen atoms in total. The van der Waals surface area contributed by atoms with E-state index >= 15 is 0 Å². The lowest BCUT2D eigenvalue weighted by Gasteiger charge is -2.35. The number of fused-ring (bicyclic) bond motifs is 1. The van der Waals surface area contributed by atoms with Gasteiger partial charge in [0.15, 0.2) is 5.65 Å². The molecule has 0 saturated carbocycles. The maximum Gasteiger partial charge on any atom is 0.263 e. The third-order valence-corrected chi connectivity index (χ3v) is 5.28. The number of aromatic nitrogens is 4. The van der Waals surface area contributed by atoms with Crippen LogP contribution in [0.4, 0.5) is 10.3 Å². The van der Waals surface area contributed by atoms with Crippen LogP contribution in [0.5, 0.6) is 0 Å². The highest BCUT2D eigenvalue weighted by Gasteiger charge is 2.24. The van der Waals surface area contributed by atoms with Crippen molar-refractivity contribution in [2.75, 3.05) is 38.2 Å². The van der Waals surface area contributed by atoms with Crippen molar-refractivity contribution in [3.63, 3.8) is 0 Å². The van der Waals surface area contributed by atoms with Gasteiger partial charge in [0, 0.05) is 19.6 Å². The highest BCUT2D eigenvalue weighted by Crippen LogP contribution is 2.23. The van der Waals surface area contributed by atoms with E-state index in [4.69, 9.17) is 4.74 Å². The van der Waals surface area contributed by atoms with Crippen LogP contribution in [0.25, 0.3) is 11.0 Å². The lowest BCUT2D eigenvalue weighted by Crippen LogP contribution is -2.41. The number of nitrogens with one attached hydrogen (secondary N) is 2. The van der Waals surface area contributed by atoms with Crippen LogP contribution in [0.3, 0.4) is 0 Å². The zero-order chi connectivity index (χ0) is 21.3. The van der Waals surface area contributed by atoms with Crippen molar-refractivity contribution in [2.45, 2.75) is 32.4 Å². The number of anilines is 1. The van der Waals surface area contributed by atoms with Gasteiger partial charge in [-0.15, -0.1) is 0 Å². The Bertz CT molecular complexity index is 1060. The molecule has 1 fully saturated rings. The molecule has 9 heteroatoms. The van der Waals surface area contributed by atoms with Gasteiger partial charge in [-0.25, -0.2) is 9.07 Å². The van der Waals surface area contributed by atoms with Crippen molar-refractivity contribution in [3.8, 4) is 0 Å². The summed E-state index contributed by atoms with van der Waals surface area (Å²) >= 11 is 0. The van der Waals surface area contributed by atoms with E-state index in [-0.39, 0.29) is 23.0 Å². The molecule has 0 amide bonds. The molecule has 1 saturated heterocycles. The number of morpholine rings is 1. The molecule has 2 aromatic heterocycles. The fraction of sp³-hybridized carbons (Fsp3) is 0.476. The number of hydrogen-bond acceptors (Lipinski definition) is 6. The predicted molar refractivity (Wildman–Crippen MR) is 113 cm³/mol. The van der Waals surface area contributed by atoms with E-state index < -0.39 is 0 Å². The Morgan fingerprint density at radius 1 is 1.23 bits per heavy atom. The van der Waals surface area contributed by atoms with Gasteiger partial charge in [0.2, 0.25) is 5.95 Å². The number of nitrogens with zero attached hydrogens (tertiary/aromatic N) is 4. The molecule has 0 bridgehead atoms. The zero-order valence-electron chi connectivity index (χ0n) is 17.5. The third-order valence-electron chi connectivity index (χ3n) is 5.28. The van der Waals surface area contributed by atoms with Gasteiger partial charge in [0.25, 0.3) is 5.56 Å². The van der Waals surface area contributed by atoms with Crippen LogP contribution in [0.1, 0.15) is 32.4 Å².